The molecule has 0 fully saturated rings. The topological polar surface area (TPSA) is 65.0 Å². The molecule has 0 aliphatic heterocycles. The fraction of sp³-hybridized carbons (Fsp3) is 1.00. The van der Waals surface area contributed by atoms with Gasteiger partial charge in [0.25, 0.3) is 0 Å². The SMILES string of the molecule is CCCCCCCCCCCCCCCCCCOP(=O)(O)OCOCC. The predicted molar refractivity (Wildman–Crippen MR) is 113 cm³/mol. The second kappa shape index (κ2) is 20.8. The fourth-order valence-corrected chi connectivity index (χ4v) is 3.70. The van der Waals surface area contributed by atoms with Crippen LogP contribution in [0.4, 0.5) is 0 Å². The molecule has 0 aromatic rings. The number of unbranched alkanes of at least 4 members (excludes halogenated alkanes) is 15. The summed E-state index contributed by atoms with van der Waals surface area (Å²) in [7, 11) is -3.94. The number of hydrogen-bond acceptors (Lipinski definition) is 4. The number of ether oxygens (including phenoxy) is 1. The molecule has 6 heteroatoms. The minimum atomic E-state index is -3.94. The van der Waals surface area contributed by atoms with Crippen molar-refractivity contribution in [2.75, 3.05) is 20.0 Å². The first-order valence-electron chi connectivity index (χ1n) is 11.3. The van der Waals surface area contributed by atoms with Crippen LogP contribution >= 0.6 is 7.82 Å². The lowest BCUT2D eigenvalue weighted by atomic mass is 10.0. The van der Waals surface area contributed by atoms with E-state index in [4.69, 9.17) is 9.26 Å². The molecular formula is C21H45O5P. The van der Waals surface area contributed by atoms with E-state index in [1.54, 1.807) is 6.92 Å². The number of rotatable bonds is 22. The van der Waals surface area contributed by atoms with Crippen molar-refractivity contribution in [3.63, 3.8) is 0 Å². The van der Waals surface area contributed by atoms with Gasteiger partial charge in [-0.3, -0.25) is 9.05 Å². The van der Waals surface area contributed by atoms with E-state index in [9.17, 15) is 9.46 Å². The number of hydrogen-bond donors (Lipinski definition) is 1. The smallest absolute Gasteiger partial charge is 0.355 e. The monoisotopic (exact) mass is 408 g/mol. The molecule has 0 saturated heterocycles. The Morgan fingerprint density at radius 2 is 1.04 bits per heavy atom. The third kappa shape index (κ3) is 22.2. The molecule has 0 aliphatic carbocycles. The van der Waals surface area contributed by atoms with Gasteiger partial charge in [-0.05, 0) is 13.3 Å². The summed E-state index contributed by atoms with van der Waals surface area (Å²) in [6, 6.07) is 0. The van der Waals surface area contributed by atoms with E-state index >= 15 is 0 Å². The summed E-state index contributed by atoms with van der Waals surface area (Å²) >= 11 is 0. The van der Waals surface area contributed by atoms with E-state index in [0.29, 0.717) is 6.61 Å². The molecule has 0 aromatic carbocycles. The quantitative estimate of drug-likeness (QED) is 0.115. The van der Waals surface area contributed by atoms with Crippen molar-refractivity contribution in [2.45, 2.75) is 117 Å². The zero-order valence-corrected chi connectivity index (χ0v) is 18.9. The van der Waals surface area contributed by atoms with Gasteiger partial charge in [0.2, 0.25) is 0 Å². The molecule has 0 bridgehead atoms. The van der Waals surface area contributed by atoms with E-state index < -0.39 is 7.82 Å². The molecular weight excluding hydrogens is 363 g/mol. The normalized spacial score (nSPS) is 13.7. The van der Waals surface area contributed by atoms with Crippen LogP contribution in [0, 0.1) is 0 Å². The molecule has 1 unspecified atom stereocenters. The Morgan fingerprint density at radius 3 is 1.44 bits per heavy atom. The minimum absolute atomic E-state index is 0.205. The number of phosphoric acid groups is 1. The molecule has 0 spiro atoms. The van der Waals surface area contributed by atoms with Gasteiger partial charge in [-0.1, -0.05) is 103 Å². The third-order valence-corrected chi connectivity index (χ3v) is 5.70. The number of phosphoric ester groups is 1. The summed E-state index contributed by atoms with van der Waals surface area (Å²) in [5.74, 6) is 0. The molecule has 0 radical (unpaired) electrons. The van der Waals surface area contributed by atoms with Gasteiger partial charge < -0.3 is 9.63 Å². The Hall–Kier alpha value is 0.0700. The minimum Gasteiger partial charge on any atom is -0.355 e. The Kier molecular flexibility index (Phi) is 20.8. The molecule has 0 aromatic heterocycles. The van der Waals surface area contributed by atoms with Crippen LogP contribution < -0.4 is 0 Å². The summed E-state index contributed by atoms with van der Waals surface area (Å²) in [6.45, 7) is 4.56. The summed E-state index contributed by atoms with van der Waals surface area (Å²) < 4.78 is 25.9. The predicted octanol–water partition coefficient (Wildman–Crippen LogP) is 7.38. The highest BCUT2D eigenvalue weighted by Crippen LogP contribution is 2.43. The Morgan fingerprint density at radius 1 is 0.630 bits per heavy atom. The van der Waals surface area contributed by atoms with E-state index in [1.807, 2.05) is 0 Å². The van der Waals surface area contributed by atoms with Crippen LogP contribution in [-0.4, -0.2) is 24.9 Å². The van der Waals surface area contributed by atoms with E-state index in [2.05, 4.69) is 11.4 Å². The maximum atomic E-state index is 11.5. The zero-order chi connectivity index (χ0) is 20.1. The highest BCUT2D eigenvalue weighted by Gasteiger charge is 2.20. The fourth-order valence-electron chi connectivity index (χ4n) is 3.05. The highest BCUT2D eigenvalue weighted by atomic mass is 31.2. The first-order valence-corrected chi connectivity index (χ1v) is 12.8. The summed E-state index contributed by atoms with van der Waals surface area (Å²) in [5, 5.41) is 0. The largest absolute Gasteiger partial charge is 0.474 e. The van der Waals surface area contributed by atoms with Crippen LogP contribution in [0.5, 0.6) is 0 Å². The van der Waals surface area contributed by atoms with E-state index in [0.717, 1.165) is 19.3 Å². The molecule has 27 heavy (non-hydrogen) atoms. The van der Waals surface area contributed by atoms with Gasteiger partial charge in [0, 0.05) is 6.61 Å². The van der Waals surface area contributed by atoms with Gasteiger partial charge >= 0.3 is 7.82 Å². The maximum absolute atomic E-state index is 11.5. The molecule has 0 rings (SSSR count). The van der Waals surface area contributed by atoms with Crippen LogP contribution in [-0.2, 0) is 18.3 Å². The molecule has 5 nitrogen and oxygen atoms in total. The van der Waals surface area contributed by atoms with Crippen LogP contribution in [0.3, 0.4) is 0 Å². The van der Waals surface area contributed by atoms with Crippen molar-refractivity contribution in [1.82, 2.24) is 0 Å². The Labute approximate surface area is 168 Å². The lowest BCUT2D eigenvalue weighted by Crippen LogP contribution is -2.01. The van der Waals surface area contributed by atoms with Gasteiger partial charge in [-0.2, -0.15) is 0 Å². The lowest BCUT2D eigenvalue weighted by molar-refractivity contribution is -0.00241. The van der Waals surface area contributed by atoms with Gasteiger partial charge in [-0.15, -0.1) is 0 Å². The standard InChI is InChI=1S/C21H45O5P/c1-3-5-6-7-8-9-10-11-12-13-14-15-16-17-18-19-20-25-27(22,23)26-21-24-4-2/h3-21H2,1-2H3,(H,22,23). The van der Waals surface area contributed by atoms with Gasteiger partial charge in [0.05, 0.1) is 6.61 Å². The summed E-state index contributed by atoms with van der Waals surface area (Å²) in [6.07, 6.45) is 20.9. The highest BCUT2D eigenvalue weighted by molar-refractivity contribution is 7.47. The molecule has 0 aliphatic rings. The average Bonchev–Trinajstić information content (AvgIpc) is 2.64. The first-order chi connectivity index (χ1) is 13.1. The maximum Gasteiger partial charge on any atom is 0.474 e. The van der Waals surface area contributed by atoms with Crippen molar-refractivity contribution in [2.24, 2.45) is 0 Å². The molecule has 164 valence electrons. The van der Waals surface area contributed by atoms with Crippen LogP contribution in [0.2, 0.25) is 0 Å². The molecule has 1 N–H and O–H groups in total. The summed E-state index contributed by atoms with van der Waals surface area (Å²) in [4.78, 5) is 9.40. The molecule has 1 atom stereocenters. The molecule has 0 amide bonds. The second-order valence-corrected chi connectivity index (χ2v) is 8.80. The van der Waals surface area contributed by atoms with Crippen LogP contribution in [0.15, 0.2) is 0 Å². The van der Waals surface area contributed by atoms with Crippen molar-refractivity contribution in [3.8, 4) is 0 Å². The van der Waals surface area contributed by atoms with Crippen molar-refractivity contribution < 1.29 is 23.2 Å². The Balaban J connectivity index is 3.17. The van der Waals surface area contributed by atoms with Gasteiger partial charge in [0.15, 0.2) is 6.79 Å². The van der Waals surface area contributed by atoms with Crippen molar-refractivity contribution in [1.29, 1.82) is 0 Å². The van der Waals surface area contributed by atoms with Crippen molar-refractivity contribution in [3.05, 3.63) is 0 Å². The van der Waals surface area contributed by atoms with Crippen LogP contribution in [0.25, 0.3) is 0 Å². The lowest BCUT2D eigenvalue weighted by Gasteiger charge is -2.11. The van der Waals surface area contributed by atoms with Crippen molar-refractivity contribution >= 4 is 7.82 Å². The van der Waals surface area contributed by atoms with Gasteiger partial charge in [0.1, 0.15) is 0 Å². The van der Waals surface area contributed by atoms with E-state index in [-0.39, 0.29) is 13.4 Å². The molecule has 0 heterocycles. The average molecular weight is 409 g/mol. The van der Waals surface area contributed by atoms with Gasteiger partial charge in [-0.25, -0.2) is 4.57 Å². The first kappa shape index (κ1) is 27.1. The van der Waals surface area contributed by atoms with Crippen LogP contribution in [0.1, 0.15) is 117 Å². The Bertz CT molecular complexity index is 339. The summed E-state index contributed by atoms with van der Waals surface area (Å²) in [5.41, 5.74) is 0. The third-order valence-electron chi connectivity index (χ3n) is 4.76. The zero-order valence-electron chi connectivity index (χ0n) is 18.0. The van der Waals surface area contributed by atoms with E-state index in [1.165, 1.54) is 83.5 Å². The second-order valence-electron chi connectivity index (χ2n) is 7.34. The molecule has 0 saturated carbocycles.